The summed E-state index contributed by atoms with van der Waals surface area (Å²) in [6, 6.07) is 6.81. The number of nitrogens with zero attached hydrogens (tertiary/aromatic N) is 2. The van der Waals surface area contributed by atoms with Gasteiger partial charge in [0.05, 0.1) is 19.4 Å². The topological polar surface area (TPSA) is 84.5 Å². The second-order valence-electron chi connectivity index (χ2n) is 4.83. The molecule has 2 aromatic rings. The van der Waals surface area contributed by atoms with Crippen LogP contribution in [0.2, 0.25) is 0 Å². The third-order valence-corrected chi connectivity index (χ3v) is 5.49. The molecular formula is C15H21N3O4S. The smallest absolute Gasteiger partial charge is 0.246 e. The Balaban J connectivity index is 2.48. The SMILES string of the molecule is CCN(CCOC)S(=O)(=O)c1cc(-c2ccn[nH]2)ccc1OC. The van der Waals surface area contributed by atoms with Gasteiger partial charge < -0.3 is 9.47 Å². The molecule has 0 atom stereocenters. The van der Waals surface area contributed by atoms with Crippen LogP contribution in [0.3, 0.4) is 0 Å². The Bertz CT molecular complexity index is 729. The number of H-pyrrole nitrogens is 1. The number of aromatic amines is 1. The maximum atomic E-state index is 12.9. The molecule has 0 radical (unpaired) electrons. The van der Waals surface area contributed by atoms with E-state index in [0.717, 1.165) is 11.3 Å². The predicted octanol–water partition coefficient (Wildman–Crippen LogP) is 1.74. The quantitative estimate of drug-likeness (QED) is 0.792. The maximum absolute atomic E-state index is 12.9. The van der Waals surface area contributed by atoms with E-state index in [2.05, 4.69) is 10.2 Å². The minimum absolute atomic E-state index is 0.130. The van der Waals surface area contributed by atoms with Crippen LogP contribution in [0, 0.1) is 0 Å². The molecule has 1 aromatic heterocycles. The Labute approximate surface area is 136 Å². The molecule has 0 aliphatic rings. The van der Waals surface area contributed by atoms with E-state index in [1.165, 1.54) is 11.4 Å². The molecule has 0 bridgehead atoms. The molecule has 8 heteroatoms. The second kappa shape index (κ2) is 7.58. The normalized spacial score (nSPS) is 11.8. The first kappa shape index (κ1) is 17.5. The summed E-state index contributed by atoms with van der Waals surface area (Å²) in [6.45, 7) is 2.75. The third kappa shape index (κ3) is 3.72. The van der Waals surface area contributed by atoms with Gasteiger partial charge in [0.1, 0.15) is 10.6 Å². The summed E-state index contributed by atoms with van der Waals surface area (Å²) in [7, 11) is -0.690. The van der Waals surface area contributed by atoms with Crippen molar-refractivity contribution in [1.82, 2.24) is 14.5 Å². The van der Waals surface area contributed by atoms with E-state index in [1.807, 2.05) is 0 Å². The van der Waals surface area contributed by atoms with E-state index in [4.69, 9.17) is 9.47 Å². The molecule has 0 aliphatic heterocycles. The molecule has 2 rings (SSSR count). The summed E-state index contributed by atoms with van der Waals surface area (Å²) in [4.78, 5) is 0.130. The molecule has 1 N–H and O–H groups in total. The van der Waals surface area contributed by atoms with Crippen LogP contribution in [0.25, 0.3) is 11.3 Å². The fourth-order valence-electron chi connectivity index (χ4n) is 2.24. The fourth-order valence-corrected chi connectivity index (χ4v) is 3.86. The van der Waals surface area contributed by atoms with Crippen molar-refractivity contribution in [2.75, 3.05) is 33.9 Å². The number of benzene rings is 1. The molecule has 0 fully saturated rings. The van der Waals surface area contributed by atoms with Crippen LogP contribution in [0.1, 0.15) is 6.92 Å². The van der Waals surface area contributed by atoms with Crippen LogP contribution in [0.4, 0.5) is 0 Å². The van der Waals surface area contributed by atoms with E-state index in [9.17, 15) is 8.42 Å². The number of hydrogen-bond donors (Lipinski definition) is 1. The Morgan fingerprint density at radius 1 is 1.26 bits per heavy atom. The molecule has 0 saturated carbocycles. The van der Waals surface area contributed by atoms with Gasteiger partial charge in [0.15, 0.2) is 0 Å². The lowest BCUT2D eigenvalue weighted by Gasteiger charge is -2.21. The molecule has 7 nitrogen and oxygen atoms in total. The zero-order chi connectivity index (χ0) is 16.9. The lowest BCUT2D eigenvalue weighted by atomic mass is 10.1. The van der Waals surface area contributed by atoms with Crippen molar-refractivity contribution in [3.05, 3.63) is 30.5 Å². The summed E-state index contributed by atoms with van der Waals surface area (Å²) in [6.07, 6.45) is 1.62. The highest BCUT2D eigenvalue weighted by molar-refractivity contribution is 7.89. The highest BCUT2D eigenvalue weighted by atomic mass is 32.2. The van der Waals surface area contributed by atoms with Gasteiger partial charge in [-0.1, -0.05) is 6.92 Å². The van der Waals surface area contributed by atoms with Crippen molar-refractivity contribution in [2.24, 2.45) is 0 Å². The van der Waals surface area contributed by atoms with Crippen LogP contribution < -0.4 is 4.74 Å². The fraction of sp³-hybridized carbons (Fsp3) is 0.400. The van der Waals surface area contributed by atoms with Crippen LogP contribution in [0.15, 0.2) is 35.4 Å². The zero-order valence-corrected chi connectivity index (χ0v) is 14.3. The van der Waals surface area contributed by atoms with E-state index in [1.54, 1.807) is 44.5 Å². The largest absolute Gasteiger partial charge is 0.495 e. The van der Waals surface area contributed by atoms with Crippen molar-refractivity contribution in [2.45, 2.75) is 11.8 Å². The molecule has 0 aliphatic carbocycles. The first-order valence-electron chi connectivity index (χ1n) is 7.21. The number of rotatable bonds is 8. The van der Waals surface area contributed by atoms with Crippen LogP contribution in [0.5, 0.6) is 5.75 Å². The van der Waals surface area contributed by atoms with Gasteiger partial charge in [0, 0.05) is 32.0 Å². The molecule has 0 unspecified atom stereocenters. The number of methoxy groups -OCH3 is 2. The Morgan fingerprint density at radius 3 is 2.61 bits per heavy atom. The van der Waals surface area contributed by atoms with Crippen LogP contribution in [-0.4, -0.2) is 56.8 Å². The Hall–Kier alpha value is -1.90. The summed E-state index contributed by atoms with van der Waals surface area (Å²) >= 11 is 0. The van der Waals surface area contributed by atoms with E-state index < -0.39 is 10.0 Å². The summed E-state index contributed by atoms with van der Waals surface area (Å²) < 4.78 is 37.5. The van der Waals surface area contributed by atoms with Gasteiger partial charge >= 0.3 is 0 Å². The lowest BCUT2D eigenvalue weighted by Crippen LogP contribution is -2.34. The minimum atomic E-state index is -3.69. The first-order valence-corrected chi connectivity index (χ1v) is 8.65. The number of aromatic nitrogens is 2. The summed E-state index contributed by atoms with van der Waals surface area (Å²) in [5.74, 6) is 0.309. The molecule has 23 heavy (non-hydrogen) atoms. The highest BCUT2D eigenvalue weighted by Crippen LogP contribution is 2.31. The average molecular weight is 339 g/mol. The number of sulfonamides is 1. The van der Waals surface area contributed by atoms with Crippen LogP contribution in [-0.2, 0) is 14.8 Å². The third-order valence-electron chi connectivity index (χ3n) is 3.49. The number of hydrogen-bond acceptors (Lipinski definition) is 5. The summed E-state index contributed by atoms with van der Waals surface area (Å²) in [5, 5.41) is 6.72. The van der Waals surface area contributed by atoms with Crippen LogP contribution >= 0.6 is 0 Å². The lowest BCUT2D eigenvalue weighted by molar-refractivity contribution is 0.180. The van der Waals surface area contributed by atoms with Crippen molar-refractivity contribution < 1.29 is 17.9 Å². The van der Waals surface area contributed by atoms with Crippen molar-refractivity contribution in [3.63, 3.8) is 0 Å². The van der Waals surface area contributed by atoms with E-state index in [-0.39, 0.29) is 11.4 Å². The molecule has 0 amide bonds. The standard InChI is InChI=1S/C15H21N3O4S/c1-4-18(9-10-21-2)23(19,20)15-11-12(5-6-14(15)22-3)13-7-8-16-17-13/h5-8,11H,4,9-10H2,1-3H3,(H,16,17). The van der Waals surface area contributed by atoms with Gasteiger partial charge in [0.25, 0.3) is 0 Å². The van der Waals surface area contributed by atoms with Gasteiger partial charge in [-0.15, -0.1) is 0 Å². The maximum Gasteiger partial charge on any atom is 0.246 e. The van der Waals surface area contributed by atoms with Gasteiger partial charge in [-0.2, -0.15) is 9.40 Å². The molecular weight excluding hydrogens is 318 g/mol. The van der Waals surface area contributed by atoms with E-state index >= 15 is 0 Å². The monoisotopic (exact) mass is 339 g/mol. The minimum Gasteiger partial charge on any atom is -0.495 e. The van der Waals surface area contributed by atoms with Crippen molar-refractivity contribution in [1.29, 1.82) is 0 Å². The molecule has 1 heterocycles. The number of nitrogens with one attached hydrogen (secondary N) is 1. The Morgan fingerprint density at radius 2 is 2.04 bits per heavy atom. The molecule has 0 saturated heterocycles. The van der Waals surface area contributed by atoms with Gasteiger partial charge in [-0.3, -0.25) is 5.10 Å². The predicted molar refractivity (Wildman–Crippen MR) is 86.9 cm³/mol. The van der Waals surface area contributed by atoms with Crippen molar-refractivity contribution >= 4 is 10.0 Å². The highest BCUT2D eigenvalue weighted by Gasteiger charge is 2.27. The van der Waals surface area contributed by atoms with Crippen molar-refractivity contribution in [3.8, 4) is 17.0 Å². The average Bonchev–Trinajstić information content (AvgIpc) is 3.09. The molecule has 1 aromatic carbocycles. The molecule has 0 spiro atoms. The van der Waals surface area contributed by atoms with E-state index in [0.29, 0.717) is 18.9 Å². The Kier molecular flexibility index (Phi) is 5.75. The molecule has 126 valence electrons. The van der Waals surface area contributed by atoms with Gasteiger partial charge in [-0.25, -0.2) is 8.42 Å². The number of likely N-dealkylation sites (N-methyl/N-ethyl adjacent to an activating group) is 1. The van der Waals surface area contributed by atoms with Gasteiger partial charge in [0.2, 0.25) is 10.0 Å². The zero-order valence-electron chi connectivity index (χ0n) is 13.4. The summed E-state index contributed by atoms with van der Waals surface area (Å²) in [5.41, 5.74) is 1.47. The number of ether oxygens (including phenoxy) is 2. The van der Waals surface area contributed by atoms with Gasteiger partial charge in [-0.05, 0) is 24.3 Å². The second-order valence-corrected chi connectivity index (χ2v) is 6.73. The first-order chi connectivity index (χ1) is 11.0.